The Morgan fingerprint density at radius 3 is 2.05 bits per heavy atom. The maximum atomic E-state index is 13.7. The Balaban J connectivity index is 2.39. The molecule has 2 N–H and O–H groups in total. The molecular weight excluding hydrogens is 244 g/mol. The first-order valence-corrected chi connectivity index (χ1v) is 6.34. The molecule has 0 saturated heterocycles. The third-order valence-electron chi connectivity index (χ3n) is 3.53. The van der Waals surface area contributed by atoms with Crippen LogP contribution in [0.2, 0.25) is 0 Å². The van der Waals surface area contributed by atoms with Gasteiger partial charge in [-0.05, 0) is 24.1 Å². The van der Waals surface area contributed by atoms with E-state index in [9.17, 15) is 8.78 Å². The van der Waals surface area contributed by atoms with Gasteiger partial charge in [0.1, 0.15) is 11.6 Å². The van der Waals surface area contributed by atoms with Crippen molar-refractivity contribution in [1.82, 2.24) is 0 Å². The molecule has 0 fully saturated rings. The lowest BCUT2D eigenvalue weighted by Crippen LogP contribution is -2.38. The van der Waals surface area contributed by atoms with Crippen LogP contribution in [-0.2, 0) is 12.0 Å². The lowest BCUT2D eigenvalue weighted by atomic mass is 9.82. The summed E-state index contributed by atoms with van der Waals surface area (Å²) in [4.78, 5) is 0. The van der Waals surface area contributed by atoms with Gasteiger partial charge in [-0.1, -0.05) is 43.3 Å². The second kappa shape index (κ2) is 5.49. The van der Waals surface area contributed by atoms with Gasteiger partial charge in [-0.25, -0.2) is 8.78 Å². The predicted molar refractivity (Wildman–Crippen MR) is 72.7 cm³/mol. The summed E-state index contributed by atoms with van der Waals surface area (Å²) in [6.45, 7) is 1.92. The van der Waals surface area contributed by atoms with Crippen LogP contribution in [0.4, 0.5) is 8.78 Å². The van der Waals surface area contributed by atoms with Crippen LogP contribution in [-0.4, -0.2) is 0 Å². The molecule has 0 bridgehead atoms. The van der Waals surface area contributed by atoms with Crippen molar-refractivity contribution in [1.29, 1.82) is 0 Å². The van der Waals surface area contributed by atoms with Gasteiger partial charge in [-0.15, -0.1) is 0 Å². The fourth-order valence-corrected chi connectivity index (χ4v) is 2.22. The van der Waals surface area contributed by atoms with Crippen molar-refractivity contribution in [2.24, 2.45) is 5.73 Å². The Kier molecular flexibility index (Phi) is 3.96. The Labute approximate surface area is 112 Å². The Morgan fingerprint density at radius 2 is 1.53 bits per heavy atom. The molecular formula is C16H17F2N. The van der Waals surface area contributed by atoms with Crippen LogP contribution in [0.1, 0.15) is 24.5 Å². The summed E-state index contributed by atoms with van der Waals surface area (Å²) in [6, 6.07) is 13.3. The van der Waals surface area contributed by atoms with Crippen LogP contribution < -0.4 is 5.73 Å². The lowest BCUT2D eigenvalue weighted by Gasteiger charge is -2.29. The molecule has 3 heteroatoms. The quantitative estimate of drug-likeness (QED) is 0.890. The lowest BCUT2D eigenvalue weighted by molar-refractivity contribution is 0.405. The molecule has 2 rings (SSSR count). The third-order valence-corrected chi connectivity index (χ3v) is 3.53. The first kappa shape index (κ1) is 13.7. The van der Waals surface area contributed by atoms with E-state index in [1.165, 1.54) is 18.2 Å². The van der Waals surface area contributed by atoms with Crippen molar-refractivity contribution in [2.45, 2.75) is 25.3 Å². The summed E-state index contributed by atoms with van der Waals surface area (Å²) in [7, 11) is 0. The summed E-state index contributed by atoms with van der Waals surface area (Å²) in [5.74, 6) is -1.08. The molecule has 0 radical (unpaired) electrons. The van der Waals surface area contributed by atoms with Crippen LogP contribution in [0.3, 0.4) is 0 Å². The van der Waals surface area contributed by atoms with Gasteiger partial charge in [0.05, 0.1) is 0 Å². The van der Waals surface area contributed by atoms with E-state index in [0.29, 0.717) is 6.42 Å². The van der Waals surface area contributed by atoms with Gasteiger partial charge in [-0.2, -0.15) is 0 Å². The third kappa shape index (κ3) is 2.82. The SMILES string of the molecule is CCC(N)(Cc1c(F)cccc1F)c1ccccc1. The number of hydrogen-bond acceptors (Lipinski definition) is 1. The molecule has 100 valence electrons. The van der Waals surface area contributed by atoms with E-state index in [4.69, 9.17) is 5.73 Å². The number of benzene rings is 2. The molecule has 1 unspecified atom stereocenters. The van der Waals surface area contributed by atoms with Gasteiger partial charge in [0.25, 0.3) is 0 Å². The molecule has 0 aliphatic carbocycles. The van der Waals surface area contributed by atoms with E-state index < -0.39 is 17.2 Å². The number of hydrogen-bond donors (Lipinski definition) is 1. The average Bonchev–Trinajstić information content (AvgIpc) is 2.44. The van der Waals surface area contributed by atoms with Crippen molar-refractivity contribution in [2.75, 3.05) is 0 Å². The minimum Gasteiger partial charge on any atom is -0.321 e. The highest BCUT2D eigenvalue weighted by atomic mass is 19.1. The van der Waals surface area contributed by atoms with E-state index in [-0.39, 0.29) is 12.0 Å². The topological polar surface area (TPSA) is 26.0 Å². The molecule has 1 nitrogen and oxygen atoms in total. The first-order chi connectivity index (χ1) is 9.07. The van der Waals surface area contributed by atoms with E-state index in [0.717, 1.165) is 5.56 Å². The zero-order valence-electron chi connectivity index (χ0n) is 10.9. The van der Waals surface area contributed by atoms with Crippen molar-refractivity contribution in [3.8, 4) is 0 Å². The minimum atomic E-state index is -0.760. The standard InChI is InChI=1S/C16H17F2N/c1-2-16(19,12-7-4-3-5-8-12)11-13-14(17)9-6-10-15(13)18/h3-10H,2,11,19H2,1H3. The Bertz CT molecular complexity index is 534. The highest BCUT2D eigenvalue weighted by Gasteiger charge is 2.28. The fourth-order valence-electron chi connectivity index (χ4n) is 2.22. The van der Waals surface area contributed by atoms with Crippen LogP contribution >= 0.6 is 0 Å². The zero-order chi connectivity index (χ0) is 13.9. The maximum Gasteiger partial charge on any atom is 0.129 e. The van der Waals surface area contributed by atoms with E-state index in [1.807, 2.05) is 37.3 Å². The molecule has 0 aliphatic heterocycles. The molecule has 0 aliphatic rings. The second-order valence-corrected chi connectivity index (χ2v) is 4.75. The molecule has 1 atom stereocenters. The average molecular weight is 261 g/mol. The summed E-state index contributed by atoms with van der Waals surface area (Å²) in [5, 5.41) is 0. The van der Waals surface area contributed by atoms with Gasteiger partial charge >= 0.3 is 0 Å². The number of nitrogens with two attached hydrogens (primary N) is 1. The Morgan fingerprint density at radius 1 is 0.947 bits per heavy atom. The van der Waals surface area contributed by atoms with Crippen LogP contribution in [0.5, 0.6) is 0 Å². The number of rotatable bonds is 4. The van der Waals surface area contributed by atoms with Crippen molar-refractivity contribution in [3.63, 3.8) is 0 Å². The minimum absolute atomic E-state index is 0.0516. The normalized spacial score (nSPS) is 14.1. The van der Waals surface area contributed by atoms with Crippen LogP contribution in [0.25, 0.3) is 0 Å². The smallest absolute Gasteiger partial charge is 0.129 e. The highest BCUT2D eigenvalue weighted by molar-refractivity contribution is 5.29. The van der Waals surface area contributed by atoms with Gasteiger partial charge < -0.3 is 5.73 Å². The summed E-state index contributed by atoms with van der Waals surface area (Å²) >= 11 is 0. The molecule has 0 amide bonds. The van der Waals surface area contributed by atoms with Crippen molar-refractivity contribution in [3.05, 3.63) is 71.3 Å². The van der Waals surface area contributed by atoms with Crippen molar-refractivity contribution < 1.29 is 8.78 Å². The predicted octanol–water partition coefficient (Wildman–Crippen LogP) is 3.77. The van der Waals surface area contributed by atoms with Crippen LogP contribution in [0.15, 0.2) is 48.5 Å². The zero-order valence-corrected chi connectivity index (χ0v) is 10.9. The summed E-state index contributed by atoms with van der Waals surface area (Å²) in [6.07, 6.45) is 0.747. The highest BCUT2D eigenvalue weighted by Crippen LogP contribution is 2.28. The molecule has 0 heterocycles. The number of halogens is 2. The Hall–Kier alpha value is -1.74. The molecule has 0 aromatic heterocycles. The second-order valence-electron chi connectivity index (χ2n) is 4.75. The molecule has 2 aromatic rings. The molecule has 2 aromatic carbocycles. The van der Waals surface area contributed by atoms with E-state index in [1.54, 1.807) is 0 Å². The summed E-state index contributed by atoms with van der Waals surface area (Å²) in [5.41, 5.74) is 6.54. The van der Waals surface area contributed by atoms with Gasteiger partial charge in [-0.3, -0.25) is 0 Å². The van der Waals surface area contributed by atoms with E-state index in [2.05, 4.69) is 0 Å². The van der Waals surface area contributed by atoms with Gasteiger partial charge in [0.2, 0.25) is 0 Å². The monoisotopic (exact) mass is 261 g/mol. The van der Waals surface area contributed by atoms with Gasteiger partial charge in [0, 0.05) is 17.5 Å². The largest absolute Gasteiger partial charge is 0.321 e. The van der Waals surface area contributed by atoms with Crippen LogP contribution in [0, 0.1) is 11.6 Å². The molecule has 0 saturated carbocycles. The maximum absolute atomic E-state index is 13.7. The van der Waals surface area contributed by atoms with E-state index >= 15 is 0 Å². The first-order valence-electron chi connectivity index (χ1n) is 6.34. The van der Waals surface area contributed by atoms with Crippen molar-refractivity contribution >= 4 is 0 Å². The van der Waals surface area contributed by atoms with Gasteiger partial charge in [0.15, 0.2) is 0 Å². The molecule has 19 heavy (non-hydrogen) atoms. The fraction of sp³-hybridized carbons (Fsp3) is 0.250. The summed E-state index contributed by atoms with van der Waals surface area (Å²) < 4.78 is 27.5. The molecule has 0 spiro atoms.